The van der Waals surface area contributed by atoms with Gasteiger partial charge < -0.3 is 4.74 Å². The maximum absolute atomic E-state index is 13.9. The van der Waals surface area contributed by atoms with Crippen molar-refractivity contribution in [2.75, 3.05) is 11.3 Å². The van der Waals surface area contributed by atoms with Gasteiger partial charge in [-0.2, -0.15) is 0 Å². The van der Waals surface area contributed by atoms with E-state index in [9.17, 15) is 12.8 Å². The Bertz CT molecular complexity index is 753. The fraction of sp³-hybridized carbons (Fsp3) is 0.200. The van der Waals surface area contributed by atoms with Gasteiger partial charge in [-0.1, -0.05) is 29.3 Å². The molecule has 2 rings (SSSR count). The highest BCUT2D eigenvalue weighted by molar-refractivity contribution is 7.92. The standard InChI is InChI=1S/C15H15ClFNO3S/c1-3-21-15-13(16)8-11(9-14(15)17)18-22(19,20)12-6-4-10(2)5-7-12/h4-9,18H,3H2,1-2H3. The topological polar surface area (TPSA) is 55.4 Å². The Balaban J connectivity index is 2.32. The van der Waals surface area contributed by atoms with Gasteiger partial charge in [-0.3, -0.25) is 4.72 Å². The molecule has 0 saturated heterocycles. The van der Waals surface area contributed by atoms with Crippen LogP contribution in [0.3, 0.4) is 0 Å². The molecule has 0 fully saturated rings. The summed E-state index contributed by atoms with van der Waals surface area (Å²) in [6.45, 7) is 3.81. The number of ether oxygens (including phenoxy) is 1. The minimum absolute atomic E-state index is 0.00320. The molecule has 0 amide bonds. The van der Waals surface area contributed by atoms with Crippen molar-refractivity contribution in [1.82, 2.24) is 0 Å². The van der Waals surface area contributed by atoms with E-state index in [-0.39, 0.29) is 28.0 Å². The van der Waals surface area contributed by atoms with Crippen LogP contribution in [0.2, 0.25) is 5.02 Å². The predicted octanol–water partition coefficient (Wildman–Crippen LogP) is 3.99. The van der Waals surface area contributed by atoms with E-state index in [1.54, 1.807) is 19.1 Å². The van der Waals surface area contributed by atoms with Gasteiger partial charge in [0.25, 0.3) is 10.0 Å². The highest BCUT2D eigenvalue weighted by Gasteiger charge is 2.17. The summed E-state index contributed by atoms with van der Waals surface area (Å²) in [5.74, 6) is -0.821. The molecule has 0 heterocycles. The molecule has 0 bridgehead atoms. The average molecular weight is 344 g/mol. The van der Waals surface area contributed by atoms with Gasteiger partial charge in [0, 0.05) is 6.07 Å². The lowest BCUT2D eigenvalue weighted by Gasteiger charge is -2.12. The van der Waals surface area contributed by atoms with Gasteiger partial charge in [-0.15, -0.1) is 0 Å². The zero-order valence-corrected chi connectivity index (χ0v) is 13.6. The second-order valence-corrected chi connectivity index (χ2v) is 6.71. The van der Waals surface area contributed by atoms with E-state index in [1.807, 2.05) is 6.92 Å². The Labute approximate surface area is 133 Å². The summed E-state index contributed by atoms with van der Waals surface area (Å²) in [6, 6.07) is 8.65. The second-order valence-electron chi connectivity index (χ2n) is 4.62. The van der Waals surface area contributed by atoms with Crippen LogP contribution in [-0.2, 0) is 10.0 Å². The number of sulfonamides is 1. The molecule has 0 saturated carbocycles. The van der Waals surface area contributed by atoms with Crippen molar-refractivity contribution in [3.05, 3.63) is 52.8 Å². The first kappa shape index (κ1) is 16.6. The molecular formula is C15H15ClFNO3S. The van der Waals surface area contributed by atoms with Crippen molar-refractivity contribution >= 4 is 27.3 Å². The van der Waals surface area contributed by atoms with Crippen LogP contribution in [-0.4, -0.2) is 15.0 Å². The lowest BCUT2D eigenvalue weighted by molar-refractivity contribution is 0.322. The summed E-state index contributed by atoms with van der Waals surface area (Å²) in [6.07, 6.45) is 0. The van der Waals surface area contributed by atoms with E-state index in [2.05, 4.69) is 4.72 Å². The number of halogens is 2. The monoisotopic (exact) mass is 343 g/mol. The summed E-state index contributed by atoms with van der Waals surface area (Å²) in [5, 5.41) is 0.00320. The molecule has 2 aromatic rings. The van der Waals surface area contributed by atoms with Gasteiger partial charge in [0.15, 0.2) is 11.6 Å². The molecule has 0 radical (unpaired) electrons. The van der Waals surface area contributed by atoms with Crippen molar-refractivity contribution in [3.8, 4) is 5.75 Å². The van der Waals surface area contributed by atoms with Crippen molar-refractivity contribution in [3.63, 3.8) is 0 Å². The molecule has 7 heteroatoms. The van der Waals surface area contributed by atoms with Crippen molar-refractivity contribution in [1.29, 1.82) is 0 Å². The highest BCUT2D eigenvalue weighted by Crippen LogP contribution is 2.32. The van der Waals surface area contributed by atoms with E-state index >= 15 is 0 Å². The van der Waals surface area contributed by atoms with E-state index < -0.39 is 15.8 Å². The van der Waals surface area contributed by atoms with E-state index in [0.717, 1.165) is 11.6 Å². The van der Waals surface area contributed by atoms with Gasteiger partial charge in [0.2, 0.25) is 0 Å². The van der Waals surface area contributed by atoms with Crippen LogP contribution < -0.4 is 9.46 Å². The largest absolute Gasteiger partial charge is 0.489 e. The molecule has 1 N–H and O–H groups in total. The third-order valence-corrected chi connectivity index (χ3v) is 4.55. The second kappa shape index (κ2) is 6.54. The number of anilines is 1. The minimum atomic E-state index is -3.80. The number of benzene rings is 2. The van der Waals surface area contributed by atoms with Gasteiger partial charge in [-0.05, 0) is 32.0 Å². The summed E-state index contributed by atoms with van der Waals surface area (Å²) < 4.78 is 45.7. The van der Waals surface area contributed by atoms with Gasteiger partial charge in [-0.25, -0.2) is 12.8 Å². The summed E-state index contributed by atoms with van der Waals surface area (Å²) >= 11 is 5.91. The van der Waals surface area contributed by atoms with Crippen molar-refractivity contribution in [2.24, 2.45) is 0 Å². The smallest absolute Gasteiger partial charge is 0.261 e. The molecule has 0 aliphatic rings. The normalized spacial score (nSPS) is 11.3. The van der Waals surface area contributed by atoms with Gasteiger partial charge >= 0.3 is 0 Å². The Morgan fingerprint density at radius 1 is 1.23 bits per heavy atom. The lowest BCUT2D eigenvalue weighted by Crippen LogP contribution is -2.13. The molecule has 4 nitrogen and oxygen atoms in total. The maximum Gasteiger partial charge on any atom is 0.261 e. The lowest BCUT2D eigenvalue weighted by atomic mass is 10.2. The van der Waals surface area contributed by atoms with Gasteiger partial charge in [0.05, 0.1) is 22.2 Å². The SMILES string of the molecule is CCOc1c(F)cc(NS(=O)(=O)c2ccc(C)cc2)cc1Cl. The zero-order valence-electron chi connectivity index (χ0n) is 12.1. The van der Waals surface area contributed by atoms with Crippen LogP contribution >= 0.6 is 11.6 Å². The average Bonchev–Trinajstić information content (AvgIpc) is 2.43. The van der Waals surface area contributed by atoms with Gasteiger partial charge in [0.1, 0.15) is 0 Å². The van der Waals surface area contributed by atoms with Crippen molar-refractivity contribution < 1.29 is 17.5 Å². The Kier molecular flexibility index (Phi) is 4.93. The first-order valence-corrected chi connectivity index (χ1v) is 8.41. The Morgan fingerprint density at radius 3 is 2.41 bits per heavy atom. The van der Waals surface area contributed by atoms with Crippen LogP contribution in [0.4, 0.5) is 10.1 Å². The quantitative estimate of drug-likeness (QED) is 0.893. The molecule has 0 unspecified atom stereocenters. The summed E-state index contributed by atoms with van der Waals surface area (Å²) in [4.78, 5) is 0.0866. The molecule has 2 aromatic carbocycles. The van der Waals surface area contributed by atoms with Crippen LogP contribution in [0.15, 0.2) is 41.3 Å². The number of aryl methyl sites for hydroxylation is 1. The predicted molar refractivity (Wildman–Crippen MR) is 84.6 cm³/mol. The molecule has 0 aliphatic carbocycles. The zero-order chi connectivity index (χ0) is 16.3. The fourth-order valence-electron chi connectivity index (χ4n) is 1.83. The molecule has 22 heavy (non-hydrogen) atoms. The minimum Gasteiger partial charge on any atom is -0.489 e. The van der Waals surface area contributed by atoms with E-state index in [1.165, 1.54) is 18.2 Å². The molecule has 0 aliphatic heterocycles. The summed E-state index contributed by atoms with van der Waals surface area (Å²) in [5.41, 5.74) is 0.973. The molecule has 0 atom stereocenters. The third-order valence-electron chi connectivity index (χ3n) is 2.87. The number of hydrogen-bond donors (Lipinski definition) is 1. The fourth-order valence-corrected chi connectivity index (χ4v) is 3.14. The molecule has 0 aromatic heterocycles. The molecule has 0 spiro atoms. The summed E-state index contributed by atoms with van der Waals surface area (Å²) in [7, 11) is -3.80. The van der Waals surface area contributed by atoms with Crippen molar-refractivity contribution in [2.45, 2.75) is 18.7 Å². The third kappa shape index (κ3) is 3.69. The number of nitrogens with one attached hydrogen (secondary N) is 1. The van der Waals surface area contributed by atoms with Crippen LogP contribution in [0, 0.1) is 12.7 Å². The number of hydrogen-bond acceptors (Lipinski definition) is 3. The van der Waals surface area contributed by atoms with E-state index in [0.29, 0.717) is 0 Å². The van der Waals surface area contributed by atoms with E-state index in [4.69, 9.17) is 16.3 Å². The number of rotatable bonds is 5. The Hall–Kier alpha value is -1.79. The molecular weight excluding hydrogens is 329 g/mol. The first-order chi connectivity index (χ1) is 10.3. The van der Waals surface area contributed by atoms with Crippen LogP contribution in [0.5, 0.6) is 5.75 Å². The Morgan fingerprint density at radius 2 is 1.86 bits per heavy atom. The van der Waals surface area contributed by atoms with Crippen LogP contribution in [0.25, 0.3) is 0 Å². The highest BCUT2D eigenvalue weighted by atomic mass is 35.5. The molecule has 118 valence electrons. The van der Waals surface area contributed by atoms with Crippen LogP contribution in [0.1, 0.15) is 12.5 Å². The first-order valence-electron chi connectivity index (χ1n) is 6.55. The maximum atomic E-state index is 13.9.